The van der Waals surface area contributed by atoms with Crippen molar-refractivity contribution in [2.45, 2.75) is 6.61 Å². The molecule has 0 spiro atoms. The van der Waals surface area contributed by atoms with Gasteiger partial charge in [-0.05, 0) is 23.8 Å². The van der Waals surface area contributed by atoms with E-state index in [1.54, 1.807) is 12.3 Å². The average molecular weight is 245 g/mol. The van der Waals surface area contributed by atoms with Crippen molar-refractivity contribution in [3.63, 3.8) is 0 Å². The van der Waals surface area contributed by atoms with Crippen molar-refractivity contribution in [1.29, 1.82) is 0 Å². The summed E-state index contributed by atoms with van der Waals surface area (Å²) in [6, 6.07) is 9.21. The van der Waals surface area contributed by atoms with E-state index in [-0.39, 0.29) is 6.61 Å². The number of fused-ring (bicyclic) bond motifs is 1. The third-order valence-corrected chi connectivity index (χ3v) is 2.39. The van der Waals surface area contributed by atoms with Gasteiger partial charge < -0.3 is 9.47 Å². The van der Waals surface area contributed by atoms with Crippen LogP contribution in [0.2, 0.25) is 0 Å². The largest absolute Gasteiger partial charge is 0.461 e. The van der Waals surface area contributed by atoms with Gasteiger partial charge in [0.15, 0.2) is 0 Å². The quantitative estimate of drug-likeness (QED) is 0.591. The van der Waals surface area contributed by atoms with Crippen LogP contribution < -0.4 is 0 Å². The van der Waals surface area contributed by atoms with Crippen LogP contribution in [-0.2, 0) is 25.7 Å². The molecule has 0 fully saturated rings. The molecule has 0 unspecified atom stereocenters. The summed E-state index contributed by atoms with van der Waals surface area (Å²) in [4.78, 5) is 26.1. The van der Waals surface area contributed by atoms with Gasteiger partial charge in [-0.1, -0.05) is 12.1 Å². The lowest BCUT2D eigenvalue weighted by Gasteiger charge is -2.04. The third-order valence-electron chi connectivity index (χ3n) is 2.39. The Labute approximate surface area is 103 Å². The second-order valence-corrected chi connectivity index (χ2v) is 3.60. The molecule has 0 aliphatic heterocycles. The van der Waals surface area contributed by atoms with E-state index in [1.807, 2.05) is 24.3 Å². The lowest BCUT2D eigenvalue weighted by atomic mass is 10.1. The van der Waals surface area contributed by atoms with Crippen LogP contribution in [0.15, 0.2) is 36.5 Å². The number of carbonyl (C=O) groups is 2. The minimum atomic E-state index is -1.00. The number of hydrogen-bond acceptors (Lipinski definition) is 5. The highest BCUT2D eigenvalue weighted by Gasteiger charge is 2.15. The van der Waals surface area contributed by atoms with Gasteiger partial charge in [-0.25, -0.2) is 9.59 Å². The van der Waals surface area contributed by atoms with Crippen molar-refractivity contribution in [3.05, 3.63) is 42.1 Å². The highest BCUT2D eigenvalue weighted by molar-refractivity contribution is 6.29. The molecule has 0 saturated carbocycles. The Morgan fingerprint density at radius 1 is 1.22 bits per heavy atom. The lowest BCUT2D eigenvalue weighted by Crippen LogP contribution is -2.18. The summed E-state index contributed by atoms with van der Waals surface area (Å²) < 4.78 is 9.04. The number of esters is 2. The zero-order valence-corrected chi connectivity index (χ0v) is 9.75. The van der Waals surface area contributed by atoms with Gasteiger partial charge in [0.2, 0.25) is 0 Å². The molecular formula is C13H11NO4. The van der Waals surface area contributed by atoms with Crippen LogP contribution >= 0.6 is 0 Å². The first-order chi connectivity index (χ1) is 8.70. The topological polar surface area (TPSA) is 65.5 Å². The van der Waals surface area contributed by atoms with Crippen molar-refractivity contribution in [2.75, 3.05) is 7.11 Å². The predicted molar refractivity (Wildman–Crippen MR) is 63.6 cm³/mol. The van der Waals surface area contributed by atoms with Gasteiger partial charge in [0.05, 0.1) is 12.6 Å². The fourth-order valence-corrected chi connectivity index (χ4v) is 1.51. The number of benzene rings is 1. The molecule has 0 radical (unpaired) electrons. The maximum atomic E-state index is 11.1. The summed E-state index contributed by atoms with van der Waals surface area (Å²) in [6.45, 7) is 0.0266. The van der Waals surface area contributed by atoms with E-state index < -0.39 is 11.9 Å². The zero-order chi connectivity index (χ0) is 13.0. The number of carbonyl (C=O) groups excluding carboxylic acids is 2. The first kappa shape index (κ1) is 12.0. The van der Waals surface area contributed by atoms with Gasteiger partial charge in [-0.15, -0.1) is 0 Å². The number of rotatable bonds is 2. The summed E-state index contributed by atoms with van der Waals surface area (Å²) in [5.41, 5.74) is 1.65. The van der Waals surface area contributed by atoms with Crippen molar-refractivity contribution in [1.82, 2.24) is 4.98 Å². The molecule has 2 aromatic rings. The maximum absolute atomic E-state index is 11.1. The summed E-state index contributed by atoms with van der Waals surface area (Å²) in [7, 11) is 1.13. The Bertz CT molecular complexity index is 594. The van der Waals surface area contributed by atoms with Gasteiger partial charge in [-0.2, -0.15) is 0 Å². The monoisotopic (exact) mass is 245 g/mol. The van der Waals surface area contributed by atoms with E-state index in [4.69, 9.17) is 4.74 Å². The van der Waals surface area contributed by atoms with E-state index in [9.17, 15) is 9.59 Å². The molecule has 0 aliphatic carbocycles. The smallest absolute Gasteiger partial charge is 0.417 e. The normalized spacial score (nSPS) is 10.1. The average Bonchev–Trinajstić information content (AvgIpc) is 2.43. The maximum Gasteiger partial charge on any atom is 0.417 e. The minimum Gasteiger partial charge on any atom is -0.461 e. The molecule has 0 atom stereocenters. The van der Waals surface area contributed by atoms with Crippen LogP contribution in [0.1, 0.15) is 5.56 Å². The van der Waals surface area contributed by atoms with E-state index in [0.29, 0.717) is 0 Å². The Balaban J connectivity index is 2.08. The van der Waals surface area contributed by atoms with Crippen LogP contribution in [0.3, 0.4) is 0 Å². The second kappa shape index (κ2) is 5.27. The summed E-state index contributed by atoms with van der Waals surface area (Å²) in [6.07, 6.45) is 1.71. The molecule has 5 nitrogen and oxygen atoms in total. The van der Waals surface area contributed by atoms with Gasteiger partial charge in [0.1, 0.15) is 6.61 Å². The molecule has 0 saturated heterocycles. The van der Waals surface area contributed by atoms with Crippen molar-refractivity contribution >= 4 is 22.8 Å². The molecule has 1 aromatic heterocycles. The molecule has 18 heavy (non-hydrogen) atoms. The SMILES string of the molecule is COC(=O)C(=O)OCc1ccc2ncccc2c1. The molecule has 1 aromatic carbocycles. The number of pyridine rings is 1. The molecule has 0 aliphatic rings. The van der Waals surface area contributed by atoms with Crippen LogP contribution in [-0.4, -0.2) is 24.0 Å². The molecule has 0 amide bonds. The molecule has 92 valence electrons. The molecule has 0 N–H and O–H groups in total. The predicted octanol–water partition coefficient (Wildman–Crippen LogP) is 1.45. The summed E-state index contributed by atoms with van der Waals surface area (Å²) in [5.74, 6) is -2.00. The first-order valence-corrected chi connectivity index (χ1v) is 5.29. The van der Waals surface area contributed by atoms with Gasteiger partial charge >= 0.3 is 11.9 Å². The fourth-order valence-electron chi connectivity index (χ4n) is 1.51. The Morgan fingerprint density at radius 3 is 2.83 bits per heavy atom. The Hall–Kier alpha value is -2.43. The fraction of sp³-hybridized carbons (Fsp3) is 0.154. The Morgan fingerprint density at radius 2 is 2.06 bits per heavy atom. The molecule has 1 heterocycles. The van der Waals surface area contributed by atoms with E-state index in [1.165, 1.54) is 0 Å². The molecule has 5 heteroatoms. The van der Waals surface area contributed by atoms with E-state index in [2.05, 4.69) is 9.72 Å². The van der Waals surface area contributed by atoms with E-state index in [0.717, 1.165) is 23.6 Å². The highest BCUT2D eigenvalue weighted by atomic mass is 16.6. The number of methoxy groups -OCH3 is 1. The van der Waals surface area contributed by atoms with Gasteiger partial charge in [0.25, 0.3) is 0 Å². The minimum absolute atomic E-state index is 0.0266. The van der Waals surface area contributed by atoms with Crippen molar-refractivity contribution in [3.8, 4) is 0 Å². The molecule has 0 bridgehead atoms. The lowest BCUT2D eigenvalue weighted by molar-refractivity contribution is -0.166. The van der Waals surface area contributed by atoms with Gasteiger partial charge in [-0.3, -0.25) is 4.98 Å². The van der Waals surface area contributed by atoms with Crippen molar-refractivity contribution < 1.29 is 19.1 Å². The molecule has 2 rings (SSSR count). The van der Waals surface area contributed by atoms with Crippen molar-refractivity contribution in [2.24, 2.45) is 0 Å². The van der Waals surface area contributed by atoms with Crippen LogP contribution in [0.25, 0.3) is 10.9 Å². The molecular weight excluding hydrogens is 234 g/mol. The van der Waals surface area contributed by atoms with Crippen LogP contribution in [0, 0.1) is 0 Å². The van der Waals surface area contributed by atoms with E-state index >= 15 is 0 Å². The van der Waals surface area contributed by atoms with Crippen LogP contribution in [0.4, 0.5) is 0 Å². The number of aromatic nitrogens is 1. The highest BCUT2D eigenvalue weighted by Crippen LogP contribution is 2.13. The summed E-state index contributed by atoms with van der Waals surface area (Å²) in [5, 5.41) is 0.948. The third kappa shape index (κ3) is 2.63. The zero-order valence-electron chi connectivity index (χ0n) is 9.75. The summed E-state index contributed by atoms with van der Waals surface area (Å²) >= 11 is 0. The first-order valence-electron chi connectivity index (χ1n) is 5.29. The van der Waals surface area contributed by atoms with Crippen LogP contribution in [0.5, 0.6) is 0 Å². The number of hydrogen-bond donors (Lipinski definition) is 0. The number of ether oxygens (including phenoxy) is 2. The standard InChI is InChI=1S/C13H11NO4/c1-17-12(15)13(16)18-8-9-4-5-11-10(7-9)3-2-6-14-11/h2-7H,8H2,1H3. The Kier molecular flexibility index (Phi) is 3.52. The number of nitrogens with zero attached hydrogens (tertiary/aromatic N) is 1. The van der Waals surface area contributed by atoms with Gasteiger partial charge in [0, 0.05) is 11.6 Å². The second-order valence-electron chi connectivity index (χ2n) is 3.60.